The highest BCUT2D eigenvalue weighted by molar-refractivity contribution is 5.79. The molecule has 1 N–H and O–H groups in total. The normalized spacial score (nSPS) is 27.9. The van der Waals surface area contributed by atoms with Crippen LogP contribution in [0.5, 0.6) is 0 Å². The van der Waals surface area contributed by atoms with Gasteiger partial charge in [0.15, 0.2) is 0 Å². The van der Waals surface area contributed by atoms with Gasteiger partial charge in [0.05, 0.1) is 0 Å². The van der Waals surface area contributed by atoms with Crippen LogP contribution in [0.15, 0.2) is 0 Å². The number of nitrogens with zero attached hydrogens (tertiary/aromatic N) is 2. The zero-order valence-electron chi connectivity index (χ0n) is 13.2. The maximum Gasteiger partial charge on any atom is 0.225 e. The van der Waals surface area contributed by atoms with Crippen molar-refractivity contribution >= 4 is 5.91 Å². The SMILES string of the molecule is CC(C)(C)N1CCC(C(=O)N2CCC3(CNC3)C2)CC1. The Bertz CT molecular complexity index is 376. The van der Waals surface area contributed by atoms with Crippen molar-refractivity contribution in [2.75, 3.05) is 39.3 Å². The molecular weight excluding hydrogens is 250 g/mol. The highest BCUT2D eigenvalue weighted by Crippen LogP contribution is 2.35. The fraction of sp³-hybridized carbons (Fsp3) is 0.938. The summed E-state index contributed by atoms with van der Waals surface area (Å²) in [6.07, 6.45) is 3.28. The number of carbonyl (C=O) groups is 1. The van der Waals surface area contributed by atoms with Crippen LogP contribution in [0.1, 0.15) is 40.0 Å². The van der Waals surface area contributed by atoms with E-state index in [2.05, 4.69) is 35.9 Å². The van der Waals surface area contributed by atoms with Crippen LogP contribution in [-0.2, 0) is 4.79 Å². The van der Waals surface area contributed by atoms with Crippen molar-refractivity contribution in [1.29, 1.82) is 0 Å². The molecule has 3 fully saturated rings. The van der Waals surface area contributed by atoms with Crippen LogP contribution in [0.3, 0.4) is 0 Å². The van der Waals surface area contributed by atoms with Crippen LogP contribution in [0.25, 0.3) is 0 Å². The molecule has 20 heavy (non-hydrogen) atoms. The number of nitrogens with one attached hydrogen (secondary N) is 1. The number of hydrogen-bond donors (Lipinski definition) is 1. The first-order chi connectivity index (χ1) is 9.40. The standard InChI is InChI=1S/C16H29N3O/c1-15(2,3)19-7-4-13(5-8-19)14(20)18-9-6-16(12-18)10-17-11-16/h13,17H,4-12H2,1-3H3. The van der Waals surface area contributed by atoms with E-state index in [1.807, 2.05) is 0 Å². The molecule has 0 aromatic heterocycles. The quantitative estimate of drug-likeness (QED) is 0.786. The summed E-state index contributed by atoms with van der Waals surface area (Å²) in [5.74, 6) is 0.708. The van der Waals surface area contributed by atoms with E-state index in [-0.39, 0.29) is 11.5 Å². The van der Waals surface area contributed by atoms with Gasteiger partial charge in [-0.1, -0.05) is 0 Å². The molecule has 0 aliphatic carbocycles. The van der Waals surface area contributed by atoms with Gasteiger partial charge in [0.25, 0.3) is 0 Å². The van der Waals surface area contributed by atoms with Crippen LogP contribution >= 0.6 is 0 Å². The molecule has 1 spiro atoms. The van der Waals surface area contributed by atoms with Gasteiger partial charge in [-0.15, -0.1) is 0 Å². The van der Waals surface area contributed by atoms with Gasteiger partial charge < -0.3 is 10.2 Å². The van der Waals surface area contributed by atoms with Crippen LogP contribution in [0.4, 0.5) is 0 Å². The van der Waals surface area contributed by atoms with Crippen molar-refractivity contribution in [1.82, 2.24) is 15.1 Å². The summed E-state index contributed by atoms with van der Waals surface area (Å²) in [6, 6.07) is 0. The second-order valence-electron chi connectivity index (χ2n) is 8.05. The van der Waals surface area contributed by atoms with Gasteiger partial charge in [0.2, 0.25) is 5.91 Å². The molecule has 4 nitrogen and oxygen atoms in total. The molecule has 0 aromatic rings. The van der Waals surface area contributed by atoms with Gasteiger partial charge in [-0.2, -0.15) is 0 Å². The molecule has 3 heterocycles. The minimum absolute atomic E-state index is 0.239. The summed E-state index contributed by atoms with van der Waals surface area (Å²) in [4.78, 5) is 17.3. The van der Waals surface area contributed by atoms with E-state index in [0.29, 0.717) is 11.3 Å². The number of carbonyl (C=O) groups excluding carboxylic acids is 1. The molecule has 0 bridgehead atoms. The molecule has 4 heteroatoms. The number of amides is 1. The third-order valence-electron chi connectivity index (χ3n) is 5.54. The average molecular weight is 279 g/mol. The first-order valence-electron chi connectivity index (χ1n) is 8.14. The first-order valence-corrected chi connectivity index (χ1v) is 8.14. The third-order valence-corrected chi connectivity index (χ3v) is 5.54. The van der Waals surface area contributed by atoms with Gasteiger partial charge >= 0.3 is 0 Å². The van der Waals surface area contributed by atoms with Crippen molar-refractivity contribution in [3.63, 3.8) is 0 Å². The lowest BCUT2D eigenvalue weighted by Crippen LogP contribution is -2.55. The number of piperidine rings is 1. The Labute approximate surface area is 122 Å². The molecule has 0 radical (unpaired) electrons. The Morgan fingerprint density at radius 1 is 1.15 bits per heavy atom. The fourth-order valence-electron chi connectivity index (χ4n) is 3.95. The van der Waals surface area contributed by atoms with E-state index in [0.717, 1.165) is 52.1 Å². The zero-order chi connectivity index (χ0) is 14.4. The lowest BCUT2D eigenvalue weighted by atomic mass is 9.81. The highest BCUT2D eigenvalue weighted by atomic mass is 16.2. The van der Waals surface area contributed by atoms with Crippen molar-refractivity contribution < 1.29 is 4.79 Å². The van der Waals surface area contributed by atoms with Crippen molar-refractivity contribution in [3.8, 4) is 0 Å². The van der Waals surface area contributed by atoms with E-state index >= 15 is 0 Å². The molecule has 3 aliphatic heterocycles. The molecule has 3 rings (SSSR count). The van der Waals surface area contributed by atoms with Crippen molar-refractivity contribution in [2.24, 2.45) is 11.3 Å². The molecule has 0 unspecified atom stereocenters. The second-order valence-corrected chi connectivity index (χ2v) is 8.05. The van der Waals surface area contributed by atoms with Crippen molar-refractivity contribution in [3.05, 3.63) is 0 Å². The molecule has 0 saturated carbocycles. The van der Waals surface area contributed by atoms with Crippen LogP contribution in [-0.4, -0.2) is 60.5 Å². The summed E-state index contributed by atoms with van der Waals surface area (Å²) in [7, 11) is 0. The second kappa shape index (κ2) is 4.99. The molecule has 3 aliphatic rings. The Morgan fingerprint density at radius 3 is 2.25 bits per heavy atom. The summed E-state index contributed by atoms with van der Waals surface area (Å²) in [5, 5.41) is 3.36. The minimum Gasteiger partial charge on any atom is -0.342 e. The monoisotopic (exact) mass is 279 g/mol. The third kappa shape index (κ3) is 2.60. The van der Waals surface area contributed by atoms with Gasteiger partial charge in [0.1, 0.15) is 0 Å². The van der Waals surface area contributed by atoms with Gasteiger partial charge in [-0.25, -0.2) is 0 Å². The minimum atomic E-state index is 0.239. The van der Waals surface area contributed by atoms with Crippen LogP contribution in [0.2, 0.25) is 0 Å². The molecule has 114 valence electrons. The fourth-order valence-corrected chi connectivity index (χ4v) is 3.95. The Kier molecular flexibility index (Phi) is 3.57. The van der Waals surface area contributed by atoms with Gasteiger partial charge in [-0.05, 0) is 53.1 Å². The predicted molar refractivity (Wildman–Crippen MR) is 80.5 cm³/mol. The van der Waals surface area contributed by atoms with E-state index in [1.165, 1.54) is 6.42 Å². The molecular formula is C16H29N3O. The molecule has 3 saturated heterocycles. The number of likely N-dealkylation sites (tertiary alicyclic amines) is 2. The Morgan fingerprint density at radius 2 is 1.80 bits per heavy atom. The van der Waals surface area contributed by atoms with Crippen molar-refractivity contribution in [2.45, 2.75) is 45.6 Å². The lowest BCUT2D eigenvalue weighted by molar-refractivity contribution is -0.137. The molecule has 0 aromatic carbocycles. The highest BCUT2D eigenvalue weighted by Gasteiger charge is 2.45. The predicted octanol–water partition coefficient (Wildman–Crippen LogP) is 1.32. The molecule has 0 atom stereocenters. The number of hydrogen-bond acceptors (Lipinski definition) is 3. The largest absolute Gasteiger partial charge is 0.342 e. The van der Waals surface area contributed by atoms with E-state index in [1.54, 1.807) is 0 Å². The Balaban J connectivity index is 1.52. The van der Waals surface area contributed by atoms with Gasteiger partial charge in [0, 0.05) is 43.1 Å². The zero-order valence-corrected chi connectivity index (χ0v) is 13.2. The van der Waals surface area contributed by atoms with Crippen LogP contribution < -0.4 is 5.32 Å². The van der Waals surface area contributed by atoms with E-state index in [4.69, 9.17) is 0 Å². The summed E-state index contributed by atoms with van der Waals surface area (Å²) in [5.41, 5.74) is 0.672. The van der Waals surface area contributed by atoms with Crippen LogP contribution in [0, 0.1) is 11.3 Å². The summed E-state index contributed by atoms with van der Waals surface area (Å²) in [6.45, 7) is 13.1. The smallest absolute Gasteiger partial charge is 0.225 e. The topological polar surface area (TPSA) is 35.6 Å². The summed E-state index contributed by atoms with van der Waals surface area (Å²) < 4.78 is 0. The van der Waals surface area contributed by atoms with E-state index in [9.17, 15) is 4.79 Å². The van der Waals surface area contributed by atoms with Gasteiger partial charge in [-0.3, -0.25) is 9.69 Å². The maximum atomic E-state index is 12.7. The summed E-state index contributed by atoms with van der Waals surface area (Å²) >= 11 is 0. The lowest BCUT2D eigenvalue weighted by Gasteiger charge is -2.42. The number of rotatable bonds is 1. The average Bonchev–Trinajstić information content (AvgIpc) is 2.82. The maximum absolute atomic E-state index is 12.7. The van der Waals surface area contributed by atoms with E-state index < -0.39 is 0 Å². The molecule has 1 amide bonds. The Hall–Kier alpha value is -0.610. The first kappa shape index (κ1) is 14.3.